The fourth-order valence-electron chi connectivity index (χ4n) is 1.72. The molecule has 1 amide bonds. The molecule has 0 heterocycles. The van der Waals surface area contributed by atoms with Crippen molar-refractivity contribution in [3.05, 3.63) is 57.6 Å². The maximum absolute atomic E-state index is 12.0. The number of carbonyl (C=O) groups is 1. The lowest BCUT2D eigenvalue weighted by Gasteiger charge is -2.06. The quantitative estimate of drug-likeness (QED) is 0.454. The summed E-state index contributed by atoms with van der Waals surface area (Å²) in [6.45, 7) is 1.59. The molecule has 5 nitrogen and oxygen atoms in total. The average molecular weight is 339 g/mol. The molecule has 2 aromatic rings. The number of hydrogen-bond acceptors (Lipinski definition) is 4. The maximum Gasteiger partial charge on any atom is 0.271 e. The average Bonchev–Trinajstić information content (AvgIpc) is 2.50. The third-order valence-corrected chi connectivity index (χ3v) is 3.65. The standard InChI is InChI=1S/C15H12Cl2N2O3/c1-8(10-3-2-4-13(20)14(10)21)18-19-15(22)9-5-6-11(16)12(17)7-9/h2-7,20-21H,1H3,(H,19,22)/b18-8+. The van der Waals surface area contributed by atoms with E-state index in [9.17, 15) is 15.0 Å². The van der Waals surface area contributed by atoms with Crippen molar-refractivity contribution in [3.8, 4) is 11.5 Å². The molecule has 0 aliphatic rings. The van der Waals surface area contributed by atoms with Crippen LogP contribution in [0.1, 0.15) is 22.8 Å². The topological polar surface area (TPSA) is 81.9 Å². The fourth-order valence-corrected chi connectivity index (χ4v) is 2.02. The number of rotatable bonds is 3. The van der Waals surface area contributed by atoms with Crippen LogP contribution >= 0.6 is 23.2 Å². The number of para-hydroxylation sites is 1. The molecule has 0 saturated heterocycles. The molecule has 2 aromatic carbocycles. The number of nitrogens with one attached hydrogen (secondary N) is 1. The van der Waals surface area contributed by atoms with Crippen molar-refractivity contribution >= 4 is 34.8 Å². The van der Waals surface area contributed by atoms with Gasteiger partial charge in [0.1, 0.15) is 0 Å². The van der Waals surface area contributed by atoms with E-state index < -0.39 is 5.91 Å². The molecular weight excluding hydrogens is 327 g/mol. The van der Waals surface area contributed by atoms with Crippen LogP contribution in [-0.2, 0) is 0 Å². The summed E-state index contributed by atoms with van der Waals surface area (Å²) in [5, 5.41) is 23.7. The van der Waals surface area contributed by atoms with Crippen molar-refractivity contribution in [1.82, 2.24) is 5.43 Å². The first-order valence-electron chi connectivity index (χ1n) is 6.21. The molecule has 22 heavy (non-hydrogen) atoms. The molecule has 2 rings (SSSR count). The normalized spacial score (nSPS) is 11.3. The van der Waals surface area contributed by atoms with E-state index in [1.165, 1.54) is 24.3 Å². The number of nitrogens with zero attached hydrogens (tertiary/aromatic N) is 1. The second-order valence-electron chi connectivity index (χ2n) is 4.44. The summed E-state index contributed by atoms with van der Waals surface area (Å²) in [5.41, 5.74) is 3.29. The number of hydrogen-bond donors (Lipinski definition) is 3. The van der Waals surface area contributed by atoms with Gasteiger partial charge in [-0.1, -0.05) is 29.3 Å². The number of phenols is 2. The minimum absolute atomic E-state index is 0.261. The van der Waals surface area contributed by atoms with Crippen LogP contribution in [0.4, 0.5) is 0 Å². The van der Waals surface area contributed by atoms with Gasteiger partial charge in [0, 0.05) is 11.1 Å². The van der Waals surface area contributed by atoms with Crippen LogP contribution in [0.5, 0.6) is 11.5 Å². The van der Waals surface area contributed by atoms with Crippen molar-refractivity contribution in [3.63, 3.8) is 0 Å². The van der Waals surface area contributed by atoms with Crippen molar-refractivity contribution in [2.45, 2.75) is 6.92 Å². The number of amides is 1. The lowest BCUT2D eigenvalue weighted by Crippen LogP contribution is -2.19. The zero-order valence-electron chi connectivity index (χ0n) is 11.5. The molecule has 0 fully saturated rings. The first-order chi connectivity index (χ1) is 10.4. The molecule has 3 N–H and O–H groups in total. The highest BCUT2D eigenvalue weighted by Gasteiger charge is 2.10. The highest BCUT2D eigenvalue weighted by atomic mass is 35.5. The minimum Gasteiger partial charge on any atom is -0.504 e. The summed E-state index contributed by atoms with van der Waals surface area (Å²) < 4.78 is 0. The van der Waals surface area contributed by atoms with Gasteiger partial charge in [0.15, 0.2) is 11.5 Å². The molecule has 0 saturated carbocycles. The summed E-state index contributed by atoms with van der Waals surface area (Å²) in [6, 6.07) is 8.93. The van der Waals surface area contributed by atoms with E-state index in [4.69, 9.17) is 23.2 Å². The Morgan fingerprint density at radius 2 is 1.86 bits per heavy atom. The highest BCUT2D eigenvalue weighted by Crippen LogP contribution is 2.28. The zero-order valence-corrected chi connectivity index (χ0v) is 13.0. The highest BCUT2D eigenvalue weighted by molar-refractivity contribution is 6.42. The van der Waals surface area contributed by atoms with Gasteiger partial charge < -0.3 is 10.2 Å². The summed E-state index contributed by atoms with van der Waals surface area (Å²) >= 11 is 11.6. The fraction of sp³-hybridized carbons (Fsp3) is 0.0667. The molecule has 0 aliphatic heterocycles. The molecular formula is C15H12Cl2N2O3. The Morgan fingerprint density at radius 3 is 2.55 bits per heavy atom. The molecule has 0 aliphatic carbocycles. The maximum atomic E-state index is 12.0. The summed E-state index contributed by atoms with van der Waals surface area (Å²) in [5.74, 6) is -1.03. The summed E-state index contributed by atoms with van der Waals surface area (Å²) in [4.78, 5) is 12.0. The lowest BCUT2D eigenvalue weighted by atomic mass is 10.1. The molecule has 0 bridgehead atoms. The second-order valence-corrected chi connectivity index (χ2v) is 5.25. The van der Waals surface area contributed by atoms with E-state index >= 15 is 0 Å². The van der Waals surface area contributed by atoms with E-state index in [1.807, 2.05) is 0 Å². The van der Waals surface area contributed by atoms with Crippen LogP contribution in [0.25, 0.3) is 0 Å². The first-order valence-corrected chi connectivity index (χ1v) is 6.96. The Bertz CT molecular complexity index is 760. The van der Waals surface area contributed by atoms with Gasteiger partial charge in [0.05, 0.1) is 15.8 Å². The predicted molar refractivity (Wildman–Crippen MR) is 85.9 cm³/mol. The van der Waals surface area contributed by atoms with Crippen molar-refractivity contribution < 1.29 is 15.0 Å². The Balaban J connectivity index is 2.18. The number of carbonyl (C=O) groups excluding carboxylic acids is 1. The van der Waals surface area contributed by atoms with E-state index in [1.54, 1.807) is 19.1 Å². The Hall–Kier alpha value is -2.24. The molecule has 7 heteroatoms. The van der Waals surface area contributed by atoms with Gasteiger partial charge in [-0.05, 0) is 37.3 Å². The van der Waals surface area contributed by atoms with Crippen LogP contribution in [0.3, 0.4) is 0 Å². The summed E-state index contributed by atoms with van der Waals surface area (Å²) in [7, 11) is 0. The smallest absolute Gasteiger partial charge is 0.271 e. The molecule has 0 aromatic heterocycles. The van der Waals surface area contributed by atoms with E-state index in [2.05, 4.69) is 10.5 Å². The van der Waals surface area contributed by atoms with Gasteiger partial charge in [0.2, 0.25) is 0 Å². The Kier molecular flexibility index (Phi) is 4.90. The molecule has 0 unspecified atom stereocenters. The van der Waals surface area contributed by atoms with Gasteiger partial charge in [0.25, 0.3) is 5.91 Å². The molecule has 0 radical (unpaired) electrons. The molecule has 0 spiro atoms. The van der Waals surface area contributed by atoms with E-state index in [0.717, 1.165) is 0 Å². The third-order valence-electron chi connectivity index (χ3n) is 2.91. The van der Waals surface area contributed by atoms with Crippen LogP contribution < -0.4 is 5.43 Å². The Morgan fingerprint density at radius 1 is 1.14 bits per heavy atom. The molecule has 114 valence electrons. The van der Waals surface area contributed by atoms with Gasteiger partial charge in [-0.2, -0.15) is 5.10 Å². The number of halogens is 2. The number of hydrazone groups is 1. The van der Waals surface area contributed by atoms with Gasteiger partial charge >= 0.3 is 0 Å². The van der Waals surface area contributed by atoms with Gasteiger partial charge in [-0.3, -0.25) is 4.79 Å². The van der Waals surface area contributed by atoms with Crippen molar-refractivity contribution in [1.29, 1.82) is 0 Å². The summed E-state index contributed by atoms with van der Waals surface area (Å²) in [6.07, 6.45) is 0. The van der Waals surface area contributed by atoms with Crippen molar-refractivity contribution in [2.24, 2.45) is 5.10 Å². The van der Waals surface area contributed by atoms with Crippen LogP contribution in [-0.4, -0.2) is 21.8 Å². The predicted octanol–water partition coefficient (Wildman–Crippen LogP) is 3.56. The lowest BCUT2D eigenvalue weighted by molar-refractivity contribution is 0.0955. The van der Waals surface area contributed by atoms with Crippen LogP contribution in [0.2, 0.25) is 10.0 Å². The van der Waals surface area contributed by atoms with Gasteiger partial charge in [-0.15, -0.1) is 0 Å². The van der Waals surface area contributed by atoms with E-state index in [-0.39, 0.29) is 16.5 Å². The number of aromatic hydroxyl groups is 2. The first kappa shape index (κ1) is 16.1. The van der Waals surface area contributed by atoms with E-state index in [0.29, 0.717) is 21.9 Å². The third kappa shape index (κ3) is 3.50. The molecule has 0 atom stereocenters. The second kappa shape index (κ2) is 6.68. The van der Waals surface area contributed by atoms with Gasteiger partial charge in [-0.25, -0.2) is 5.43 Å². The monoisotopic (exact) mass is 338 g/mol. The Labute approximate surface area is 136 Å². The minimum atomic E-state index is -0.474. The van der Waals surface area contributed by atoms with Crippen molar-refractivity contribution in [2.75, 3.05) is 0 Å². The van der Waals surface area contributed by atoms with Crippen LogP contribution in [0, 0.1) is 0 Å². The number of phenolic OH excluding ortho intramolecular Hbond substituents is 2. The van der Waals surface area contributed by atoms with Crippen LogP contribution in [0.15, 0.2) is 41.5 Å². The SMILES string of the molecule is C/C(=N\NC(=O)c1ccc(Cl)c(Cl)c1)c1cccc(O)c1O. The largest absolute Gasteiger partial charge is 0.504 e. The number of benzene rings is 2. The zero-order chi connectivity index (χ0) is 16.3.